The molecule has 0 aromatic heterocycles. The number of nitrogens with one attached hydrogen (secondary N) is 1. The van der Waals surface area contributed by atoms with Gasteiger partial charge in [0.15, 0.2) is 0 Å². The molecule has 0 spiro atoms. The standard InChI is InChI=1S/C20H17BrNO/c21-18-11-12-20(23-15-16-7-3-1-4-8-16)17(13-18)14-22-19-9-5-2-6-10-19/h1-5,7-13,22H,14-15H2. The van der Waals surface area contributed by atoms with Gasteiger partial charge in [0.25, 0.3) is 0 Å². The molecule has 115 valence electrons. The molecule has 0 aliphatic carbocycles. The average molecular weight is 367 g/mol. The molecule has 1 N–H and O–H groups in total. The van der Waals surface area contributed by atoms with Crippen molar-refractivity contribution >= 4 is 21.6 Å². The molecule has 3 aromatic rings. The maximum absolute atomic E-state index is 6.00. The van der Waals surface area contributed by atoms with Crippen molar-refractivity contribution in [1.29, 1.82) is 0 Å². The topological polar surface area (TPSA) is 21.3 Å². The quantitative estimate of drug-likeness (QED) is 0.626. The highest BCUT2D eigenvalue weighted by atomic mass is 79.9. The maximum Gasteiger partial charge on any atom is 0.124 e. The largest absolute Gasteiger partial charge is 0.489 e. The molecule has 0 atom stereocenters. The minimum atomic E-state index is 0.564. The zero-order valence-electron chi connectivity index (χ0n) is 12.6. The molecule has 0 heterocycles. The first-order chi connectivity index (χ1) is 11.3. The van der Waals surface area contributed by atoms with Crippen LogP contribution < -0.4 is 10.1 Å². The number of hydrogen-bond acceptors (Lipinski definition) is 2. The molecule has 0 aliphatic heterocycles. The summed E-state index contributed by atoms with van der Waals surface area (Å²) in [7, 11) is 0. The fourth-order valence-electron chi connectivity index (χ4n) is 2.26. The smallest absolute Gasteiger partial charge is 0.124 e. The Kier molecular flexibility index (Phi) is 5.33. The van der Waals surface area contributed by atoms with Crippen molar-refractivity contribution in [2.75, 3.05) is 5.32 Å². The highest BCUT2D eigenvalue weighted by Gasteiger charge is 2.05. The highest BCUT2D eigenvalue weighted by Crippen LogP contribution is 2.25. The van der Waals surface area contributed by atoms with Gasteiger partial charge in [-0.05, 0) is 42.0 Å². The monoisotopic (exact) mass is 366 g/mol. The van der Waals surface area contributed by atoms with Gasteiger partial charge in [-0.3, -0.25) is 0 Å². The van der Waals surface area contributed by atoms with Crippen LogP contribution in [0.15, 0.2) is 77.3 Å². The van der Waals surface area contributed by atoms with E-state index < -0.39 is 0 Å². The van der Waals surface area contributed by atoms with Crippen molar-refractivity contribution in [2.45, 2.75) is 13.2 Å². The van der Waals surface area contributed by atoms with E-state index in [0.717, 1.165) is 27.0 Å². The third kappa shape index (κ3) is 4.60. The molecule has 3 aromatic carbocycles. The van der Waals surface area contributed by atoms with Crippen LogP contribution in [0.1, 0.15) is 11.1 Å². The zero-order chi connectivity index (χ0) is 15.9. The third-order valence-electron chi connectivity index (χ3n) is 3.45. The van der Waals surface area contributed by atoms with Gasteiger partial charge < -0.3 is 10.1 Å². The lowest BCUT2D eigenvalue weighted by Crippen LogP contribution is -2.03. The average Bonchev–Trinajstić information content (AvgIpc) is 2.61. The second-order valence-electron chi connectivity index (χ2n) is 5.17. The van der Waals surface area contributed by atoms with E-state index >= 15 is 0 Å². The first-order valence-corrected chi connectivity index (χ1v) is 8.26. The molecular formula is C20H17BrNO. The lowest BCUT2D eigenvalue weighted by molar-refractivity contribution is 0.303. The Labute approximate surface area is 145 Å². The molecule has 3 rings (SSSR count). The third-order valence-corrected chi connectivity index (χ3v) is 3.94. The molecule has 2 nitrogen and oxygen atoms in total. The summed E-state index contributed by atoms with van der Waals surface area (Å²) in [5, 5.41) is 3.39. The van der Waals surface area contributed by atoms with Gasteiger partial charge >= 0.3 is 0 Å². The Bertz CT molecular complexity index is 744. The Balaban J connectivity index is 1.70. The van der Waals surface area contributed by atoms with Gasteiger partial charge in [0.2, 0.25) is 0 Å². The van der Waals surface area contributed by atoms with Crippen LogP contribution in [0.5, 0.6) is 5.75 Å². The van der Waals surface area contributed by atoms with E-state index in [9.17, 15) is 0 Å². The molecule has 23 heavy (non-hydrogen) atoms. The Morgan fingerprint density at radius 1 is 1.00 bits per heavy atom. The normalized spacial score (nSPS) is 10.3. The number of ether oxygens (including phenoxy) is 1. The summed E-state index contributed by atoms with van der Waals surface area (Å²) in [6.45, 7) is 1.26. The van der Waals surface area contributed by atoms with Crippen LogP contribution in [0, 0.1) is 6.07 Å². The van der Waals surface area contributed by atoms with E-state index in [4.69, 9.17) is 4.74 Å². The molecular weight excluding hydrogens is 350 g/mol. The van der Waals surface area contributed by atoms with E-state index in [1.54, 1.807) is 0 Å². The van der Waals surface area contributed by atoms with Gasteiger partial charge in [-0.1, -0.05) is 58.4 Å². The minimum absolute atomic E-state index is 0.564. The van der Waals surface area contributed by atoms with Gasteiger partial charge in [-0.15, -0.1) is 0 Å². The number of rotatable bonds is 6. The van der Waals surface area contributed by atoms with Crippen LogP contribution >= 0.6 is 15.9 Å². The van der Waals surface area contributed by atoms with E-state index in [0.29, 0.717) is 13.2 Å². The molecule has 0 unspecified atom stereocenters. The number of halogens is 1. The lowest BCUT2D eigenvalue weighted by atomic mass is 10.2. The van der Waals surface area contributed by atoms with E-state index in [1.165, 1.54) is 0 Å². The summed E-state index contributed by atoms with van der Waals surface area (Å²) >= 11 is 3.53. The van der Waals surface area contributed by atoms with Gasteiger partial charge in [0, 0.05) is 22.3 Å². The first-order valence-electron chi connectivity index (χ1n) is 7.46. The van der Waals surface area contributed by atoms with Crippen molar-refractivity contribution in [3.63, 3.8) is 0 Å². The van der Waals surface area contributed by atoms with Crippen LogP contribution in [0.4, 0.5) is 5.69 Å². The van der Waals surface area contributed by atoms with E-state index in [-0.39, 0.29) is 0 Å². The van der Waals surface area contributed by atoms with Gasteiger partial charge in [0.1, 0.15) is 12.4 Å². The Morgan fingerprint density at radius 2 is 1.87 bits per heavy atom. The molecule has 3 heteroatoms. The van der Waals surface area contributed by atoms with E-state index in [1.807, 2.05) is 54.6 Å². The lowest BCUT2D eigenvalue weighted by Gasteiger charge is -2.13. The van der Waals surface area contributed by atoms with Crippen molar-refractivity contribution in [2.24, 2.45) is 0 Å². The fraction of sp³-hybridized carbons (Fsp3) is 0.100. The number of hydrogen-bond donors (Lipinski definition) is 1. The Morgan fingerprint density at radius 3 is 2.65 bits per heavy atom. The summed E-state index contributed by atoms with van der Waals surface area (Å²) in [6.07, 6.45) is 0. The summed E-state index contributed by atoms with van der Waals surface area (Å²) in [6, 6.07) is 27.2. The van der Waals surface area contributed by atoms with Crippen molar-refractivity contribution in [3.8, 4) is 5.75 Å². The first kappa shape index (κ1) is 15.6. The Hall–Kier alpha value is -2.26. The summed E-state index contributed by atoms with van der Waals surface area (Å²) < 4.78 is 7.04. The predicted molar refractivity (Wildman–Crippen MR) is 97.5 cm³/mol. The van der Waals surface area contributed by atoms with Gasteiger partial charge in [-0.25, -0.2) is 0 Å². The summed E-state index contributed by atoms with van der Waals surface area (Å²) in [5.74, 6) is 0.893. The van der Waals surface area contributed by atoms with E-state index in [2.05, 4.69) is 45.5 Å². The van der Waals surface area contributed by atoms with Crippen LogP contribution in [-0.2, 0) is 13.2 Å². The maximum atomic E-state index is 6.00. The molecule has 0 fully saturated rings. The molecule has 0 saturated heterocycles. The highest BCUT2D eigenvalue weighted by molar-refractivity contribution is 9.10. The fourth-order valence-corrected chi connectivity index (χ4v) is 2.67. The van der Waals surface area contributed by atoms with Crippen molar-refractivity contribution in [3.05, 3.63) is 94.5 Å². The molecule has 0 amide bonds. The molecule has 1 radical (unpaired) electrons. The second-order valence-corrected chi connectivity index (χ2v) is 6.09. The molecule has 0 bridgehead atoms. The molecule has 0 aliphatic rings. The van der Waals surface area contributed by atoms with Gasteiger partial charge in [0.05, 0.1) is 0 Å². The van der Waals surface area contributed by atoms with Crippen LogP contribution in [0.2, 0.25) is 0 Å². The minimum Gasteiger partial charge on any atom is -0.489 e. The zero-order valence-corrected chi connectivity index (χ0v) is 14.2. The summed E-state index contributed by atoms with van der Waals surface area (Å²) in [5.41, 5.74) is 3.31. The van der Waals surface area contributed by atoms with Gasteiger partial charge in [-0.2, -0.15) is 0 Å². The van der Waals surface area contributed by atoms with Crippen LogP contribution in [-0.4, -0.2) is 0 Å². The predicted octanol–water partition coefficient (Wildman–Crippen LogP) is 5.44. The van der Waals surface area contributed by atoms with Crippen molar-refractivity contribution in [1.82, 2.24) is 0 Å². The second kappa shape index (κ2) is 7.84. The van der Waals surface area contributed by atoms with Crippen LogP contribution in [0.3, 0.4) is 0 Å². The van der Waals surface area contributed by atoms with Crippen LogP contribution in [0.25, 0.3) is 0 Å². The summed E-state index contributed by atoms with van der Waals surface area (Å²) in [4.78, 5) is 0. The SMILES string of the molecule is Brc1ccc(OCc2ccccc2)c(CNc2c[c]ccc2)c1. The molecule has 0 saturated carbocycles. The number of benzene rings is 3. The van der Waals surface area contributed by atoms with Crippen molar-refractivity contribution < 1.29 is 4.74 Å². The number of anilines is 1.